The minimum atomic E-state index is -0.0193. The van der Waals surface area contributed by atoms with Crippen molar-refractivity contribution in [3.8, 4) is 11.5 Å². The van der Waals surface area contributed by atoms with Crippen molar-refractivity contribution in [3.63, 3.8) is 0 Å². The summed E-state index contributed by atoms with van der Waals surface area (Å²) >= 11 is 2.28. The standard InChI is InChI=1S/C16H18INO2/c1-11(18)13-5-8-15(16(9-13)19-2)20-10-12-3-6-14(17)7-4-12/h3-9,11H,10,18H2,1-2H3/t11-/m0/s1. The average Bonchev–Trinajstić information content (AvgIpc) is 2.46. The van der Waals surface area contributed by atoms with Gasteiger partial charge in [0.2, 0.25) is 0 Å². The number of ether oxygens (including phenoxy) is 2. The van der Waals surface area contributed by atoms with Gasteiger partial charge in [-0.25, -0.2) is 0 Å². The molecule has 0 aliphatic rings. The molecule has 2 aromatic rings. The van der Waals surface area contributed by atoms with Gasteiger partial charge in [0.1, 0.15) is 6.61 Å². The van der Waals surface area contributed by atoms with Crippen molar-refractivity contribution in [2.75, 3.05) is 7.11 Å². The number of hydrogen-bond acceptors (Lipinski definition) is 3. The molecule has 0 saturated heterocycles. The zero-order valence-corrected chi connectivity index (χ0v) is 13.8. The molecule has 0 aliphatic heterocycles. The van der Waals surface area contributed by atoms with Crippen LogP contribution in [0.5, 0.6) is 11.5 Å². The maximum absolute atomic E-state index is 5.87. The maximum atomic E-state index is 5.87. The van der Waals surface area contributed by atoms with Crippen LogP contribution >= 0.6 is 22.6 Å². The number of benzene rings is 2. The number of halogens is 1. The van der Waals surface area contributed by atoms with Gasteiger partial charge in [-0.2, -0.15) is 0 Å². The molecule has 0 radical (unpaired) electrons. The lowest BCUT2D eigenvalue weighted by Crippen LogP contribution is -2.05. The Kier molecular flexibility index (Phi) is 5.25. The molecule has 20 heavy (non-hydrogen) atoms. The smallest absolute Gasteiger partial charge is 0.161 e. The van der Waals surface area contributed by atoms with E-state index < -0.39 is 0 Å². The second-order valence-corrected chi connectivity index (χ2v) is 5.86. The van der Waals surface area contributed by atoms with Crippen LogP contribution in [-0.2, 0) is 6.61 Å². The highest BCUT2D eigenvalue weighted by Crippen LogP contribution is 2.30. The summed E-state index contributed by atoms with van der Waals surface area (Å²) in [5, 5.41) is 0. The summed E-state index contributed by atoms with van der Waals surface area (Å²) < 4.78 is 12.4. The van der Waals surface area contributed by atoms with Gasteiger partial charge in [-0.05, 0) is 64.9 Å². The summed E-state index contributed by atoms with van der Waals surface area (Å²) in [6, 6.07) is 14.0. The van der Waals surface area contributed by atoms with Crippen LogP contribution < -0.4 is 15.2 Å². The molecule has 0 fully saturated rings. The van der Waals surface area contributed by atoms with Crippen molar-refractivity contribution in [1.82, 2.24) is 0 Å². The number of hydrogen-bond donors (Lipinski definition) is 1. The fourth-order valence-corrected chi connectivity index (χ4v) is 2.19. The Morgan fingerprint density at radius 2 is 1.80 bits per heavy atom. The van der Waals surface area contributed by atoms with Crippen LogP contribution in [0.15, 0.2) is 42.5 Å². The first-order chi connectivity index (χ1) is 9.60. The fourth-order valence-electron chi connectivity index (χ4n) is 1.83. The molecule has 0 saturated carbocycles. The molecule has 2 aromatic carbocycles. The monoisotopic (exact) mass is 383 g/mol. The summed E-state index contributed by atoms with van der Waals surface area (Å²) in [5.41, 5.74) is 8.03. The van der Waals surface area contributed by atoms with Crippen molar-refractivity contribution in [1.29, 1.82) is 0 Å². The maximum Gasteiger partial charge on any atom is 0.161 e. The van der Waals surface area contributed by atoms with Gasteiger partial charge in [-0.15, -0.1) is 0 Å². The van der Waals surface area contributed by atoms with Gasteiger partial charge in [0.05, 0.1) is 7.11 Å². The molecule has 4 heteroatoms. The Hall–Kier alpha value is -1.27. The van der Waals surface area contributed by atoms with Crippen LogP contribution in [0, 0.1) is 3.57 Å². The second kappa shape index (κ2) is 6.95. The Bertz CT molecular complexity index is 567. The summed E-state index contributed by atoms with van der Waals surface area (Å²) in [4.78, 5) is 0. The predicted molar refractivity (Wildman–Crippen MR) is 89.1 cm³/mol. The van der Waals surface area contributed by atoms with Crippen molar-refractivity contribution < 1.29 is 9.47 Å². The average molecular weight is 383 g/mol. The van der Waals surface area contributed by atoms with E-state index in [1.54, 1.807) is 7.11 Å². The van der Waals surface area contributed by atoms with E-state index in [1.165, 1.54) is 3.57 Å². The minimum Gasteiger partial charge on any atom is -0.493 e. The Labute approximate surface area is 133 Å². The van der Waals surface area contributed by atoms with Crippen molar-refractivity contribution in [2.24, 2.45) is 5.73 Å². The fraction of sp³-hybridized carbons (Fsp3) is 0.250. The molecule has 2 N–H and O–H groups in total. The normalized spacial score (nSPS) is 12.0. The van der Waals surface area contributed by atoms with E-state index >= 15 is 0 Å². The van der Waals surface area contributed by atoms with Crippen LogP contribution in [0.1, 0.15) is 24.1 Å². The first-order valence-electron chi connectivity index (χ1n) is 6.41. The molecule has 0 heterocycles. The van der Waals surface area contributed by atoms with Gasteiger partial charge in [-0.3, -0.25) is 0 Å². The molecule has 0 unspecified atom stereocenters. The molecule has 3 nitrogen and oxygen atoms in total. The van der Waals surface area contributed by atoms with Gasteiger partial charge in [-0.1, -0.05) is 18.2 Å². The van der Waals surface area contributed by atoms with Gasteiger partial charge in [0.15, 0.2) is 11.5 Å². The zero-order valence-electron chi connectivity index (χ0n) is 11.6. The van der Waals surface area contributed by atoms with E-state index in [-0.39, 0.29) is 6.04 Å². The third-order valence-corrected chi connectivity index (χ3v) is 3.74. The van der Waals surface area contributed by atoms with Crippen molar-refractivity contribution in [3.05, 3.63) is 57.2 Å². The number of rotatable bonds is 5. The predicted octanol–water partition coefficient (Wildman–Crippen LogP) is 3.90. The molecular weight excluding hydrogens is 365 g/mol. The molecule has 0 spiro atoms. The lowest BCUT2D eigenvalue weighted by Gasteiger charge is -2.13. The van der Waals surface area contributed by atoms with Crippen LogP contribution in [0.2, 0.25) is 0 Å². The third kappa shape index (κ3) is 3.86. The van der Waals surface area contributed by atoms with Gasteiger partial charge in [0, 0.05) is 9.61 Å². The van der Waals surface area contributed by atoms with E-state index in [2.05, 4.69) is 46.9 Å². The number of methoxy groups -OCH3 is 1. The lowest BCUT2D eigenvalue weighted by atomic mass is 10.1. The van der Waals surface area contributed by atoms with Crippen LogP contribution in [0.25, 0.3) is 0 Å². The van der Waals surface area contributed by atoms with E-state index in [0.717, 1.165) is 16.9 Å². The van der Waals surface area contributed by atoms with Gasteiger partial charge in [0.25, 0.3) is 0 Å². The second-order valence-electron chi connectivity index (χ2n) is 4.61. The number of nitrogens with two attached hydrogens (primary N) is 1. The van der Waals surface area contributed by atoms with Crippen molar-refractivity contribution in [2.45, 2.75) is 19.6 Å². The minimum absolute atomic E-state index is 0.0193. The molecule has 0 amide bonds. The first-order valence-corrected chi connectivity index (χ1v) is 7.49. The topological polar surface area (TPSA) is 44.5 Å². The summed E-state index contributed by atoms with van der Waals surface area (Å²) in [7, 11) is 1.64. The molecule has 0 aromatic heterocycles. The first kappa shape index (κ1) is 15.1. The SMILES string of the molecule is COc1cc([C@H](C)N)ccc1OCc1ccc(I)cc1. The quantitative estimate of drug-likeness (QED) is 0.797. The van der Waals surface area contributed by atoms with E-state index in [0.29, 0.717) is 12.4 Å². The largest absolute Gasteiger partial charge is 0.493 e. The van der Waals surface area contributed by atoms with Crippen LogP contribution in [0.4, 0.5) is 0 Å². The molecule has 106 valence electrons. The third-order valence-electron chi connectivity index (χ3n) is 3.02. The van der Waals surface area contributed by atoms with E-state index in [9.17, 15) is 0 Å². The lowest BCUT2D eigenvalue weighted by molar-refractivity contribution is 0.284. The molecule has 0 bridgehead atoms. The Morgan fingerprint density at radius 3 is 2.40 bits per heavy atom. The molecule has 0 aliphatic carbocycles. The van der Waals surface area contributed by atoms with Crippen molar-refractivity contribution >= 4 is 22.6 Å². The molecular formula is C16H18INO2. The highest BCUT2D eigenvalue weighted by atomic mass is 127. The van der Waals surface area contributed by atoms with E-state index in [4.69, 9.17) is 15.2 Å². The van der Waals surface area contributed by atoms with Gasteiger partial charge >= 0.3 is 0 Å². The summed E-state index contributed by atoms with van der Waals surface area (Å²) in [6.45, 7) is 2.46. The van der Waals surface area contributed by atoms with Gasteiger partial charge < -0.3 is 15.2 Å². The van der Waals surface area contributed by atoms with Crippen LogP contribution in [-0.4, -0.2) is 7.11 Å². The van der Waals surface area contributed by atoms with Crippen LogP contribution in [0.3, 0.4) is 0 Å². The molecule has 1 atom stereocenters. The summed E-state index contributed by atoms with van der Waals surface area (Å²) in [6.07, 6.45) is 0. The molecule has 2 rings (SSSR count). The summed E-state index contributed by atoms with van der Waals surface area (Å²) in [5.74, 6) is 1.45. The zero-order chi connectivity index (χ0) is 14.5. The Morgan fingerprint density at radius 1 is 1.10 bits per heavy atom. The Balaban J connectivity index is 2.10. The van der Waals surface area contributed by atoms with E-state index in [1.807, 2.05) is 25.1 Å². The highest BCUT2D eigenvalue weighted by Gasteiger charge is 2.08. The highest BCUT2D eigenvalue weighted by molar-refractivity contribution is 14.1.